The molecule has 2 aromatic carbocycles. The predicted molar refractivity (Wildman–Crippen MR) is 115 cm³/mol. The Labute approximate surface area is 171 Å². The first-order valence-corrected chi connectivity index (χ1v) is 10.5. The van der Waals surface area contributed by atoms with E-state index in [-0.39, 0.29) is 16.6 Å². The van der Waals surface area contributed by atoms with Gasteiger partial charge in [-0.25, -0.2) is 0 Å². The third-order valence-corrected chi connectivity index (χ3v) is 5.77. The lowest BCUT2D eigenvalue weighted by molar-refractivity contribution is -0.120. The monoisotopic (exact) mass is 405 g/mol. The van der Waals surface area contributed by atoms with Crippen LogP contribution < -0.4 is 10.1 Å². The van der Waals surface area contributed by atoms with Gasteiger partial charge in [0.25, 0.3) is 0 Å². The van der Waals surface area contributed by atoms with E-state index in [1.54, 1.807) is 11.8 Å². The summed E-state index contributed by atoms with van der Waals surface area (Å²) < 4.78 is 5.73. The number of amides is 1. The molecule has 0 saturated carbocycles. The molecule has 0 fully saturated rings. The highest BCUT2D eigenvalue weighted by molar-refractivity contribution is 8.00. The van der Waals surface area contributed by atoms with Crippen LogP contribution in [0.15, 0.2) is 53.4 Å². The van der Waals surface area contributed by atoms with Gasteiger partial charge in [0.2, 0.25) is 5.91 Å². The summed E-state index contributed by atoms with van der Waals surface area (Å²) in [4.78, 5) is 13.4. The van der Waals surface area contributed by atoms with Gasteiger partial charge in [0.15, 0.2) is 0 Å². The molecular weight excluding hydrogens is 378 g/mol. The van der Waals surface area contributed by atoms with Crippen molar-refractivity contribution in [2.75, 3.05) is 13.2 Å². The molecular formula is C22H28ClNO2S. The fraction of sp³-hybridized carbons (Fsp3) is 0.409. The molecule has 146 valence electrons. The van der Waals surface area contributed by atoms with Crippen molar-refractivity contribution in [1.82, 2.24) is 5.32 Å². The Bertz CT molecular complexity index is 723. The standard InChI is InChI=1S/C22H28ClNO2S/c1-5-20(27-19-12-8-17(23)9-13-19)21(25)24-14-15-26-18-10-6-16(7-11-18)22(2,3)4/h6-13,20H,5,14-15H2,1-4H3,(H,24,25)/t20-/m0/s1. The average molecular weight is 406 g/mol. The zero-order valence-corrected chi connectivity index (χ0v) is 18.0. The highest BCUT2D eigenvalue weighted by Crippen LogP contribution is 2.27. The van der Waals surface area contributed by atoms with Gasteiger partial charge in [-0.2, -0.15) is 0 Å². The molecule has 5 heteroatoms. The number of halogens is 1. The fourth-order valence-corrected chi connectivity index (χ4v) is 3.61. The van der Waals surface area contributed by atoms with Crippen LogP contribution >= 0.6 is 23.4 Å². The number of rotatable bonds is 8. The van der Waals surface area contributed by atoms with E-state index in [0.29, 0.717) is 18.2 Å². The van der Waals surface area contributed by atoms with E-state index in [0.717, 1.165) is 17.1 Å². The molecule has 1 amide bonds. The predicted octanol–water partition coefficient (Wildman–Crippen LogP) is 5.70. The van der Waals surface area contributed by atoms with Crippen LogP contribution in [0.25, 0.3) is 0 Å². The summed E-state index contributed by atoms with van der Waals surface area (Å²) >= 11 is 7.46. The van der Waals surface area contributed by atoms with Crippen LogP contribution in [0, 0.1) is 0 Å². The van der Waals surface area contributed by atoms with Gasteiger partial charge in [-0.3, -0.25) is 4.79 Å². The zero-order valence-electron chi connectivity index (χ0n) is 16.4. The molecule has 0 aromatic heterocycles. The Morgan fingerprint density at radius 1 is 1.11 bits per heavy atom. The van der Waals surface area contributed by atoms with E-state index in [1.165, 1.54) is 5.56 Å². The van der Waals surface area contributed by atoms with Crippen LogP contribution in [0.2, 0.25) is 5.02 Å². The number of ether oxygens (including phenoxy) is 1. The van der Waals surface area contributed by atoms with Crippen LogP contribution in [0.5, 0.6) is 5.75 Å². The Morgan fingerprint density at radius 3 is 2.30 bits per heavy atom. The molecule has 27 heavy (non-hydrogen) atoms. The van der Waals surface area contributed by atoms with E-state index in [1.807, 2.05) is 43.3 Å². The lowest BCUT2D eigenvalue weighted by Crippen LogP contribution is -2.35. The maximum Gasteiger partial charge on any atom is 0.233 e. The van der Waals surface area contributed by atoms with Gasteiger partial charge < -0.3 is 10.1 Å². The Kier molecular flexibility index (Phi) is 8.06. The Balaban J connectivity index is 1.76. The second-order valence-corrected chi connectivity index (χ2v) is 9.10. The summed E-state index contributed by atoms with van der Waals surface area (Å²) in [7, 11) is 0. The first-order valence-electron chi connectivity index (χ1n) is 9.23. The lowest BCUT2D eigenvalue weighted by Gasteiger charge is -2.19. The van der Waals surface area contributed by atoms with E-state index >= 15 is 0 Å². The minimum atomic E-state index is -0.128. The van der Waals surface area contributed by atoms with Crippen LogP contribution in [-0.2, 0) is 10.2 Å². The van der Waals surface area contributed by atoms with Crippen LogP contribution in [0.4, 0.5) is 0 Å². The molecule has 1 atom stereocenters. The summed E-state index contributed by atoms with van der Waals surface area (Å²) in [6, 6.07) is 15.7. The molecule has 0 bridgehead atoms. The third-order valence-electron chi connectivity index (χ3n) is 4.15. The highest BCUT2D eigenvalue weighted by Gasteiger charge is 2.17. The number of carbonyl (C=O) groups excluding carboxylic acids is 1. The van der Waals surface area contributed by atoms with Crippen molar-refractivity contribution < 1.29 is 9.53 Å². The maximum atomic E-state index is 12.4. The number of carbonyl (C=O) groups is 1. The molecule has 0 spiro atoms. The number of nitrogens with one attached hydrogen (secondary N) is 1. The number of thioether (sulfide) groups is 1. The molecule has 0 heterocycles. The molecule has 0 aliphatic carbocycles. The molecule has 2 aromatic rings. The van der Waals surface area contributed by atoms with Crippen molar-refractivity contribution in [3.8, 4) is 5.75 Å². The smallest absolute Gasteiger partial charge is 0.233 e. The van der Waals surface area contributed by atoms with E-state index in [4.69, 9.17) is 16.3 Å². The topological polar surface area (TPSA) is 38.3 Å². The van der Waals surface area contributed by atoms with Crippen molar-refractivity contribution in [2.24, 2.45) is 0 Å². The van der Waals surface area contributed by atoms with Crippen LogP contribution in [0.3, 0.4) is 0 Å². The zero-order chi connectivity index (χ0) is 19.9. The van der Waals surface area contributed by atoms with Gasteiger partial charge in [-0.05, 0) is 53.8 Å². The quantitative estimate of drug-likeness (QED) is 0.452. The van der Waals surface area contributed by atoms with E-state index in [2.05, 4.69) is 38.2 Å². The molecule has 3 nitrogen and oxygen atoms in total. The van der Waals surface area contributed by atoms with Gasteiger partial charge in [0, 0.05) is 9.92 Å². The van der Waals surface area contributed by atoms with Crippen LogP contribution in [0.1, 0.15) is 39.7 Å². The van der Waals surface area contributed by atoms with Crippen LogP contribution in [-0.4, -0.2) is 24.3 Å². The summed E-state index contributed by atoms with van der Waals surface area (Å²) in [6.45, 7) is 9.50. The van der Waals surface area contributed by atoms with E-state index < -0.39 is 0 Å². The van der Waals surface area contributed by atoms with Crippen molar-refractivity contribution in [2.45, 2.75) is 49.7 Å². The number of hydrogen-bond donors (Lipinski definition) is 1. The first-order chi connectivity index (χ1) is 12.8. The van der Waals surface area contributed by atoms with Crippen molar-refractivity contribution >= 4 is 29.3 Å². The summed E-state index contributed by atoms with van der Waals surface area (Å²) in [5.41, 5.74) is 1.40. The van der Waals surface area contributed by atoms with E-state index in [9.17, 15) is 4.79 Å². The molecule has 1 N–H and O–H groups in total. The van der Waals surface area contributed by atoms with Crippen molar-refractivity contribution in [1.29, 1.82) is 0 Å². The van der Waals surface area contributed by atoms with Gasteiger partial charge >= 0.3 is 0 Å². The highest BCUT2D eigenvalue weighted by atomic mass is 35.5. The molecule has 0 saturated heterocycles. The minimum absolute atomic E-state index is 0.0316. The third kappa shape index (κ3) is 7.11. The Hall–Kier alpha value is -1.65. The molecule has 0 unspecified atom stereocenters. The molecule has 0 aliphatic rings. The Morgan fingerprint density at radius 2 is 1.74 bits per heavy atom. The number of benzene rings is 2. The van der Waals surface area contributed by atoms with Gasteiger partial charge in [0.05, 0.1) is 11.8 Å². The summed E-state index contributed by atoms with van der Waals surface area (Å²) in [6.07, 6.45) is 0.758. The van der Waals surface area contributed by atoms with Gasteiger partial charge in [0.1, 0.15) is 12.4 Å². The fourth-order valence-electron chi connectivity index (χ4n) is 2.51. The largest absolute Gasteiger partial charge is 0.492 e. The normalized spacial score (nSPS) is 12.5. The first kappa shape index (κ1) is 21.6. The molecule has 0 aliphatic heterocycles. The SMILES string of the molecule is CC[C@H](Sc1ccc(Cl)cc1)C(=O)NCCOc1ccc(C(C)(C)C)cc1. The average Bonchev–Trinajstić information content (AvgIpc) is 2.64. The minimum Gasteiger partial charge on any atom is -0.492 e. The maximum absolute atomic E-state index is 12.4. The van der Waals surface area contributed by atoms with Gasteiger partial charge in [-0.15, -0.1) is 11.8 Å². The second-order valence-electron chi connectivity index (χ2n) is 7.38. The summed E-state index contributed by atoms with van der Waals surface area (Å²) in [5.74, 6) is 0.851. The summed E-state index contributed by atoms with van der Waals surface area (Å²) in [5, 5.41) is 3.53. The second kappa shape index (κ2) is 10.0. The number of hydrogen-bond acceptors (Lipinski definition) is 3. The van der Waals surface area contributed by atoms with Crippen molar-refractivity contribution in [3.63, 3.8) is 0 Å². The van der Waals surface area contributed by atoms with Crippen molar-refractivity contribution in [3.05, 3.63) is 59.1 Å². The van der Waals surface area contributed by atoms with Gasteiger partial charge in [-0.1, -0.05) is 51.4 Å². The lowest BCUT2D eigenvalue weighted by atomic mass is 9.87. The molecule has 0 radical (unpaired) electrons. The molecule has 2 rings (SSSR count).